The Labute approximate surface area is 121 Å². The Morgan fingerprint density at radius 3 is 3.00 bits per heavy atom. The Morgan fingerprint density at radius 1 is 1.68 bits per heavy atom. The first kappa shape index (κ1) is 14.3. The van der Waals surface area contributed by atoms with Gasteiger partial charge in [0.1, 0.15) is 5.82 Å². The number of hydrogen-bond acceptors (Lipinski definition) is 4. The molecule has 2 rings (SSSR count). The number of nitrogen functional groups attached to an aromatic ring is 1. The van der Waals surface area contributed by atoms with Crippen LogP contribution in [0, 0.1) is 0 Å². The number of anilines is 1. The smallest absolute Gasteiger partial charge is 0.255 e. The van der Waals surface area contributed by atoms with E-state index in [0.29, 0.717) is 24.2 Å². The van der Waals surface area contributed by atoms with Crippen molar-refractivity contribution in [2.45, 2.75) is 31.8 Å². The van der Waals surface area contributed by atoms with Gasteiger partial charge in [-0.2, -0.15) is 0 Å². The average molecular weight is 327 g/mol. The van der Waals surface area contributed by atoms with Crippen LogP contribution in [-0.4, -0.2) is 41.5 Å². The predicted molar refractivity (Wildman–Crippen MR) is 78.9 cm³/mol. The molecule has 1 aliphatic carbocycles. The largest absolute Gasteiger partial charge is 0.383 e. The first-order chi connectivity index (χ1) is 8.99. The summed E-state index contributed by atoms with van der Waals surface area (Å²) in [6.45, 7) is 2.72. The first-order valence-electron chi connectivity index (χ1n) is 6.40. The third-order valence-electron chi connectivity index (χ3n) is 3.51. The maximum absolute atomic E-state index is 12.1. The van der Waals surface area contributed by atoms with E-state index in [9.17, 15) is 4.79 Å². The number of amides is 1. The van der Waals surface area contributed by atoms with Gasteiger partial charge in [0.05, 0.1) is 5.56 Å². The minimum Gasteiger partial charge on any atom is -0.383 e. The molecule has 1 saturated carbocycles. The molecule has 1 unspecified atom stereocenters. The SMILES string of the molecule is CC(CNC(=O)c1cc(Br)cnc1N)N(C)C1CC1. The van der Waals surface area contributed by atoms with Crippen molar-refractivity contribution < 1.29 is 4.79 Å². The molecule has 0 radical (unpaired) electrons. The van der Waals surface area contributed by atoms with Gasteiger partial charge in [0.15, 0.2) is 0 Å². The number of halogens is 1. The number of pyridine rings is 1. The van der Waals surface area contributed by atoms with Crippen LogP contribution in [0.3, 0.4) is 0 Å². The van der Waals surface area contributed by atoms with Crippen molar-refractivity contribution in [2.24, 2.45) is 0 Å². The van der Waals surface area contributed by atoms with Gasteiger partial charge in [-0.25, -0.2) is 4.98 Å². The summed E-state index contributed by atoms with van der Waals surface area (Å²) in [6, 6.07) is 2.69. The van der Waals surface area contributed by atoms with E-state index in [2.05, 4.69) is 45.1 Å². The number of carbonyl (C=O) groups is 1. The molecule has 0 saturated heterocycles. The maximum Gasteiger partial charge on any atom is 0.255 e. The zero-order valence-corrected chi connectivity index (χ0v) is 12.8. The van der Waals surface area contributed by atoms with E-state index in [4.69, 9.17) is 5.73 Å². The highest BCUT2D eigenvalue weighted by molar-refractivity contribution is 9.10. The Bertz CT molecular complexity index is 476. The molecule has 1 fully saturated rings. The van der Waals surface area contributed by atoms with Crippen LogP contribution in [0.1, 0.15) is 30.1 Å². The minimum atomic E-state index is -0.178. The number of likely N-dealkylation sites (N-methyl/N-ethyl adjacent to an activating group) is 1. The lowest BCUT2D eigenvalue weighted by atomic mass is 10.2. The van der Waals surface area contributed by atoms with Gasteiger partial charge in [-0.1, -0.05) is 0 Å². The number of aromatic nitrogens is 1. The molecule has 0 aliphatic heterocycles. The van der Waals surface area contributed by atoms with Crippen molar-refractivity contribution in [1.29, 1.82) is 0 Å². The van der Waals surface area contributed by atoms with Crippen LogP contribution >= 0.6 is 15.9 Å². The molecule has 1 aromatic rings. The standard InChI is InChI=1S/C13H19BrN4O/c1-8(18(2)10-3-4-10)6-17-13(19)11-5-9(14)7-16-12(11)15/h5,7-8,10H,3-4,6H2,1-2H3,(H2,15,16)(H,17,19). The van der Waals surface area contributed by atoms with Gasteiger partial charge in [0.2, 0.25) is 0 Å². The molecule has 1 amide bonds. The zero-order valence-electron chi connectivity index (χ0n) is 11.2. The highest BCUT2D eigenvalue weighted by Crippen LogP contribution is 2.26. The van der Waals surface area contributed by atoms with Crippen LogP contribution in [0.25, 0.3) is 0 Å². The highest BCUT2D eigenvalue weighted by atomic mass is 79.9. The molecule has 1 atom stereocenters. The van der Waals surface area contributed by atoms with E-state index in [1.807, 2.05) is 0 Å². The molecule has 3 N–H and O–H groups in total. The van der Waals surface area contributed by atoms with Gasteiger partial charge >= 0.3 is 0 Å². The third-order valence-corrected chi connectivity index (χ3v) is 3.94. The topological polar surface area (TPSA) is 71.2 Å². The summed E-state index contributed by atoms with van der Waals surface area (Å²) in [5.41, 5.74) is 6.12. The lowest BCUT2D eigenvalue weighted by Gasteiger charge is -2.24. The third kappa shape index (κ3) is 3.67. The van der Waals surface area contributed by atoms with Crippen LogP contribution in [0.5, 0.6) is 0 Å². The molecule has 0 aromatic carbocycles. The number of hydrogen-bond donors (Lipinski definition) is 2. The van der Waals surface area contributed by atoms with Gasteiger partial charge in [0, 0.05) is 29.3 Å². The molecule has 19 heavy (non-hydrogen) atoms. The van der Waals surface area contributed by atoms with Crippen molar-refractivity contribution in [2.75, 3.05) is 19.3 Å². The van der Waals surface area contributed by atoms with Gasteiger partial charge in [-0.05, 0) is 48.8 Å². The van der Waals surface area contributed by atoms with Gasteiger partial charge in [0.25, 0.3) is 5.91 Å². The molecule has 0 bridgehead atoms. The summed E-state index contributed by atoms with van der Waals surface area (Å²) >= 11 is 3.29. The summed E-state index contributed by atoms with van der Waals surface area (Å²) < 4.78 is 0.745. The lowest BCUT2D eigenvalue weighted by Crippen LogP contribution is -2.41. The van der Waals surface area contributed by atoms with Crippen molar-refractivity contribution in [1.82, 2.24) is 15.2 Å². The van der Waals surface area contributed by atoms with Crippen LogP contribution in [0.2, 0.25) is 0 Å². The maximum atomic E-state index is 12.1. The van der Waals surface area contributed by atoms with Crippen molar-refractivity contribution in [3.8, 4) is 0 Å². The van der Waals surface area contributed by atoms with E-state index >= 15 is 0 Å². The van der Waals surface area contributed by atoms with E-state index < -0.39 is 0 Å². The first-order valence-corrected chi connectivity index (χ1v) is 7.19. The number of nitrogens with one attached hydrogen (secondary N) is 1. The molecular formula is C13H19BrN4O. The fraction of sp³-hybridized carbons (Fsp3) is 0.538. The van der Waals surface area contributed by atoms with Gasteiger partial charge in [-0.3, -0.25) is 9.69 Å². The number of carbonyl (C=O) groups excluding carboxylic acids is 1. The summed E-state index contributed by atoms with van der Waals surface area (Å²) in [7, 11) is 2.10. The summed E-state index contributed by atoms with van der Waals surface area (Å²) in [5, 5.41) is 2.91. The average Bonchev–Trinajstić information content (AvgIpc) is 3.21. The lowest BCUT2D eigenvalue weighted by molar-refractivity contribution is 0.0940. The van der Waals surface area contributed by atoms with Crippen LogP contribution in [0.4, 0.5) is 5.82 Å². The quantitative estimate of drug-likeness (QED) is 0.862. The summed E-state index contributed by atoms with van der Waals surface area (Å²) in [4.78, 5) is 18.3. The zero-order chi connectivity index (χ0) is 14.0. The normalized spacial score (nSPS) is 16.4. The predicted octanol–water partition coefficient (Wildman–Crippen LogP) is 1.64. The highest BCUT2D eigenvalue weighted by Gasteiger charge is 2.29. The Kier molecular flexibility index (Phi) is 4.42. The Balaban J connectivity index is 1.91. The fourth-order valence-corrected chi connectivity index (χ4v) is 2.28. The second-order valence-corrected chi connectivity index (χ2v) is 5.96. The van der Waals surface area contributed by atoms with Crippen LogP contribution in [0.15, 0.2) is 16.7 Å². The van der Waals surface area contributed by atoms with Crippen molar-refractivity contribution >= 4 is 27.7 Å². The van der Waals surface area contributed by atoms with E-state index in [-0.39, 0.29) is 11.7 Å². The van der Waals surface area contributed by atoms with Crippen molar-refractivity contribution in [3.63, 3.8) is 0 Å². The van der Waals surface area contributed by atoms with Crippen LogP contribution in [-0.2, 0) is 0 Å². The molecular weight excluding hydrogens is 308 g/mol. The van der Waals surface area contributed by atoms with E-state index in [1.54, 1.807) is 12.3 Å². The molecule has 6 heteroatoms. The summed E-state index contributed by atoms with van der Waals surface area (Å²) in [6.07, 6.45) is 4.10. The Morgan fingerprint density at radius 2 is 2.37 bits per heavy atom. The molecule has 1 aromatic heterocycles. The van der Waals surface area contributed by atoms with E-state index in [0.717, 1.165) is 4.47 Å². The molecule has 1 aliphatic rings. The monoisotopic (exact) mass is 326 g/mol. The molecule has 104 valence electrons. The molecule has 5 nitrogen and oxygen atoms in total. The number of rotatable bonds is 5. The van der Waals surface area contributed by atoms with Crippen LogP contribution < -0.4 is 11.1 Å². The fourth-order valence-electron chi connectivity index (χ4n) is 1.95. The van der Waals surface area contributed by atoms with E-state index in [1.165, 1.54) is 12.8 Å². The van der Waals surface area contributed by atoms with Crippen molar-refractivity contribution in [3.05, 3.63) is 22.3 Å². The number of nitrogens with two attached hydrogens (primary N) is 1. The number of nitrogens with zero attached hydrogens (tertiary/aromatic N) is 2. The Hall–Kier alpha value is -1.14. The molecule has 0 spiro atoms. The minimum absolute atomic E-state index is 0.178. The second-order valence-electron chi connectivity index (χ2n) is 5.04. The second kappa shape index (κ2) is 5.88. The molecule has 1 heterocycles. The van der Waals surface area contributed by atoms with Gasteiger partial charge < -0.3 is 11.1 Å². The summed E-state index contributed by atoms with van der Waals surface area (Å²) in [5.74, 6) is 0.0752. The van der Waals surface area contributed by atoms with Gasteiger partial charge in [-0.15, -0.1) is 0 Å².